The van der Waals surface area contributed by atoms with Crippen LogP contribution in [-0.4, -0.2) is 99.3 Å². The van der Waals surface area contributed by atoms with E-state index in [4.69, 9.17) is 14.2 Å². The molecule has 0 amide bonds. The molecule has 1 aliphatic carbocycles. The SMILES string of the molecule is COC1C(O)CCC(CC(C)C(C)OC(=O)C2CCCCN2C(O)C(=O)C2(O)OC(C)CCC2C)C1O. The molecular weight excluding hydrogens is 482 g/mol. The van der Waals surface area contributed by atoms with Crippen molar-refractivity contribution in [3.8, 4) is 0 Å². The minimum Gasteiger partial charge on any atom is -0.461 e. The third-order valence-corrected chi connectivity index (χ3v) is 8.86. The first-order valence-electron chi connectivity index (χ1n) is 13.9. The number of hydrogen-bond donors (Lipinski definition) is 4. The van der Waals surface area contributed by atoms with Gasteiger partial charge in [0.05, 0.1) is 18.3 Å². The highest BCUT2D eigenvalue weighted by molar-refractivity contribution is 5.90. The maximum atomic E-state index is 13.2. The van der Waals surface area contributed by atoms with Gasteiger partial charge < -0.3 is 34.6 Å². The summed E-state index contributed by atoms with van der Waals surface area (Å²) in [6.45, 7) is 7.58. The fourth-order valence-corrected chi connectivity index (χ4v) is 6.11. The van der Waals surface area contributed by atoms with E-state index in [1.54, 1.807) is 20.8 Å². The Kier molecular flexibility index (Phi) is 10.5. The van der Waals surface area contributed by atoms with Gasteiger partial charge in [0.1, 0.15) is 18.2 Å². The Morgan fingerprint density at radius 1 is 1.08 bits per heavy atom. The fourth-order valence-electron chi connectivity index (χ4n) is 6.11. The summed E-state index contributed by atoms with van der Waals surface area (Å²) in [5.41, 5.74) is 0. The van der Waals surface area contributed by atoms with Crippen LogP contribution in [0.4, 0.5) is 0 Å². The van der Waals surface area contributed by atoms with Gasteiger partial charge in [-0.05, 0) is 70.6 Å². The largest absolute Gasteiger partial charge is 0.461 e. The molecule has 3 aliphatic rings. The molecule has 10 nitrogen and oxygen atoms in total. The lowest BCUT2D eigenvalue weighted by Gasteiger charge is -2.44. The minimum atomic E-state index is -2.10. The highest BCUT2D eigenvalue weighted by atomic mass is 16.6. The lowest BCUT2D eigenvalue weighted by Crippen LogP contribution is -2.62. The molecule has 0 aromatic carbocycles. The zero-order chi connectivity index (χ0) is 27.5. The number of carbonyl (C=O) groups excluding carboxylic acids is 2. The van der Waals surface area contributed by atoms with E-state index in [1.807, 2.05) is 6.92 Å². The molecule has 0 bridgehead atoms. The van der Waals surface area contributed by atoms with E-state index in [2.05, 4.69) is 0 Å². The molecule has 0 spiro atoms. The zero-order valence-corrected chi connectivity index (χ0v) is 22.9. The van der Waals surface area contributed by atoms with Crippen molar-refractivity contribution in [3.63, 3.8) is 0 Å². The summed E-state index contributed by atoms with van der Waals surface area (Å²) in [4.78, 5) is 27.9. The first-order chi connectivity index (χ1) is 17.4. The number of hydrogen-bond acceptors (Lipinski definition) is 10. The molecular formula is C27H47NO9. The van der Waals surface area contributed by atoms with Gasteiger partial charge in [-0.2, -0.15) is 0 Å². The lowest BCUT2D eigenvalue weighted by atomic mass is 9.77. The summed E-state index contributed by atoms with van der Waals surface area (Å²) in [7, 11) is 1.47. The topological polar surface area (TPSA) is 146 Å². The van der Waals surface area contributed by atoms with Gasteiger partial charge >= 0.3 is 5.97 Å². The fraction of sp³-hybridized carbons (Fsp3) is 0.926. The van der Waals surface area contributed by atoms with Crippen molar-refractivity contribution >= 4 is 11.8 Å². The van der Waals surface area contributed by atoms with Crippen LogP contribution in [0.25, 0.3) is 0 Å². The summed E-state index contributed by atoms with van der Waals surface area (Å²) in [6.07, 6.45) is 0.404. The van der Waals surface area contributed by atoms with Gasteiger partial charge in [0.15, 0.2) is 6.23 Å². The van der Waals surface area contributed by atoms with Crippen LogP contribution in [0.3, 0.4) is 0 Å². The van der Waals surface area contributed by atoms with E-state index in [1.165, 1.54) is 12.0 Å². The van der Waals surface area contributed by atoms with Gasteiger partial charge in [0.25, 0.3) is 0 Å². The predicted molar refractivity (Wildman–Crippen MR) is 134 cm³/mol. The molecule has 3 fully saturated rings. The molecule has 11 atom stereocenters. The van der Waals surface area contributed by atoms with Crippen LogP contribution in [0.1, 0.15) is 79.1 Å². The maximum absolute atomic E-state index is 13.2. The van der Waals surface area contributed by atoms with Crippen molar-refractivity contribution in [3.05, 3.63) is 0 Å². The molecule has 0 radical (unpaired) electrons. The molecule has 37 heavy (non-hydrogen) atoms. The number of aliphatic hydroxyl groups is 4. The summed E-state index contributed by atoms with van der Waals surface area (Å²) < 4.78 is 16.7. The van der Waals surface area contributed by atoms with Gasteiger partial charge in [0.2, 0.25) is 11.6 Å². The molecule has 214 valence electrons. The number of nitrogens with zero attached hydrogens (tertiary/aromatic N) is 1. The number of ether oxygens (including phenoxy) is 3. The van der Waals surface area contributed by atoms with Crippen molar-refractivity contribution in [2.24, 2.45) is 17.8 Å². The molecule has 2 aliphatic heterocycles. The molecule has 3 rings (SSSR count). The maximum Gasteiger partial charge on any atom is 0.323 e. The number of aliphatic hydroxyl groups excluding tert-OH is 3. The smallest absolute Gasteiger partial charge is 0.323 e. The van der Waals surface area contributed by atoms with Gasteiger partial charge in [-0.3, -0.25) is 14.5 Å². The van der Waals surface area contributed by atoms with Crippen LogP contribution in [0, 0.1) is 17.8 Å². The van der Waals surface area contributed by atoms with E-state index in [0.717, 1.165) is 6.42 Å². The van der Waals surface area contributed by atoms with E-state index in [0.29, 0.717) is 51.5 Å². The molecule has 4 N–H and O–H groups in total. The number of piperidine rings is 1. The standard InChI is InChI=1S/C27H47NO9/c1-15(14-19-11-12-21(29)23(35-5)22(19)30)18(4)36-26(33)20-8-6-7-13-28(20)25(32)24(31)27(34)16(2)9-10-17(3)37-27/h15-23,25,29-30,32,34H,6-14H2,1-5H3. The third-order valence-electron chi connectivity index (χ3n) is 8.86. The van der Waals surface area contributed by atoms with Crippen LogP contribution in [0.5, 0.6) is 0 Å². The molecule has 2 saturated heterocycles. The van der Waals surface area contributed by atoms with Gasteiger partial charge in [-0.15, -0.1) is 0 Å². The number of methoxy groups -OCH3 is 1. The molecule has 11 unspecified atom stereocenters. The number of ketones is 1. The second kappa shape index (κ2) is 12.8. The molecule has 0 aromatic rings. The van der Waals surface area contributed by atoms with E-state index >= 15 is 0 Å². The molecule has 2 heterocycles. The van der Waals surface area contributed by atoms with Gasteiger partial charge in [-0.25, -0.2) is 0 Å². The summed E-state index contributed by atoms with van der Waals surface area (Å²) in [5.74, 6) is -4.09. The third kappa shape index (κ3) is 6.72. The Morgan fingerprint density at radius 2 is 1.78 bits per heavy atom. The average Bonchev–Trinajstić information content (AvgIpc) is 2.87. The Hall–Kier alpha value is -1.14. The first kappa shape index (κ1) is 30.4. The monoisotopic (exact) mass is 529 g/mol. The molecule has 1 saturated carbocycles. The van der Waals surface area contributed by atoms with E-state index in [9.17, 15) is 30.0 Å². The summed E-state index contributed by atoms with van der Waals surface area (Å²) in [6, 6.07) is -0.810. The number of rotatable bonds is 9. The number of esters is 1. The van der Waals surface area contributed by atoms with Crippen LogP contribution < -0.4 is 0 Å². The van der Waals surface area contributed by atoms with Gasteiger partial charge in [0, 0.05) is 19.6 Å². The number of Topliss-reactive ketones (excluding diaryl/α,β-unsaturated/α-hetero) is 1. The molecule has 0 aromatic heterocycles. The first-order valence-corrected chi connectivity index (χ1v) is 13.9. The Bertz CT molecular complexity index is 781. The second-order valence-corrected chi connectivity index (χ2v) is 11.5. The van der Waals surface area contributed by atoms with Crippen LogP contribution in [0.15, 0.2) is 0 Å². The lowest BCUT2D eigenvalue weighted by molar-refractivity contribution is -0.269. The quantitative estimate of drug-likeness (QED) is 0.323. The number of carbonyl (C=O) groups is 2. The minimum absolute atomic E-state index is 0.0707. The van der Waals surface area contributed by atoms with Crippen molar-refractivity contribution in [2.75, 3.05) is 13.7 Å². The van der Waals surface area contributed by atoms with Crippen LogP contribution in [0.2, 0.25) is 0 Å². The summed E-state index contributed by atoms with van der Waals surface area (Å²) in [5, 5.41) is 42.8. The van der Waals surface area contributed by atoms with Crippen LogP contribution >= 0.6 is 0 Å². The normalized spacial score (nSPS) is 40.0. The van der Waals surface area contributed by atoms with E-state index in [-0.39, 0.29) is 17.9 Å². The van der Waals surface area contributed by atoms with E-state index < -0.39 is 60.1 Å². The highest BCUT2D eigenvalue weighted by Gasteiger charge is 2.52. The Balaban J connectivity index is 1.62. The zero-order valence-electron chi connectivity index (χ0n) is 22.9. The predicted octanol–water partition coefficient (Wildman–Crippen LogP) is 1.36. The van der Waals surface area contributed by atoms with Crippen molar-refractivity contribution < 1.29 is 44.2 Å². The number of likely N-dealkylation sites (tertiary alicyclic amines) is 1. The second-order valence-electron chi connectivity index (χ2n) is 11.5. The molecule has 10 heteroatoms. The highest BCUT2D eigenvalue weighted by Crippen LogP contribution is 2.36. The summed E-state index contributed by atoms with van der Waals surface area (Å²) >= 11 is 0. The van der Waals surface area contributed by atoms with Gasteiger partial charge in [-0.1, -0.05) is 20.3 Å². The van der Waals surface area contributed by atoms with Crippen molar-refractivity contribution in [1.29, 1.82) is 0 Å². The Labute approximate surface area is 220 Å². The van der Waals surface area contributed by atoms with Crippen molar-refractivity contribution in [2.45, 2.75) is 128 Å². The average molecular weight is 530 g/mol. The Morgan fingerprint density at radius 3 is 2.46 bits per heavy atom. The van der Waals surface area contributed by atoms with Crippen molar-refractivity contribution in [1.82, 2.24) is 4.90 Å². The van der Waals surface area contributed by atoms with Crippen LogP contribution in [-0.2, 0) is 23.8 Å².